The van der Waals surface area contributed by atoms with Gasteiger partial charge in [-0.15, -0.1) is 0 Å². The number of rotatable bonds is 5. The number of hydrogen-bond donors (Lipinski definition) is 1. The lowest BCUT2D eigenvalue weighted by molar-refractivity contribution is 0.186. The molecule has 1 rings (SSSR count). The van der Waals surface area contributed by atoms with Gasteiger partial charge in [-0.3, -0.25) is 0 Å². The van der Waals surface area contributed by atoms with Gasteiger partial charge in [0.2, 0.25) is 0 Å². The molecule has 1 aliphatic rings. The molecule has 0 aliphatic heterocycles. The molecule has 0 bridgehead atoms. The van der Waals surface area contributed by atoms with Gasteiger partial charge in [-0.25, -0.2) is 0 Å². The van der Waals surface area contributed by atoms with Gasteiger partial charge in [0.1, 0.15) is 0 Å². The summed E-state index contributed by atoms with van der Waals surface area (Å²) in [7, 11) is 0. The Bertz CT molecular complexity index is 197. The lowest BCUT2D eigenvalue weighted by Gasteiger charge is -2.41. The maximum atomic E-state index is 3.74. The lowest BCUT2D eigenvalue weighted by Crippen LogP contribution is -2.51. The van der Waals surface area contributed by atoms with E-state index < -0.39 is 0 Å². The Hall–Kier alpha value is -0.300. The summed E-state index contributed by atoms with van der Waals surface area (Å²) in [4.78, 5) is 0. The van der Waals surface area contributed by atoms with Gasteiger partial charge in [-0.2, -0.15) is 0 Å². The molecule has 0 saturated heterocycles. The van der Waals surface area contributed by atoms with Crippen molar-refractivity contribution < 1.29 is 0 Å². The van der Waals surface area contributed by atoms with Crippen LogP contribution in [0.4, 0.5) is 0 Å². The normalized spacial score (nSPS) is 21.1. The third kappa shape index (κ3) is 3.83. The maximum absolute atomic E-state index is 3.74. The Morgan fingerprint density at radius 1 is 1.43 bits per heavy atom. The molecule has 0 aromatic carbocycles. The Labute approximate surface area is 89.0 Å². The smallest absolute Gasteiger partial charge is 0.0155 e. The lowest BCUT2D eigenvalue weighted by atomic mass is 9.78. The van der Waals surface area contributed by atoms with E-state index in [9.17, 15) is 0 Å². The highest BCUT2D eigenvalue weighted by atomic mass is 15.0. The molecule has 0 spiro atoms. The van der Waals surface area contributed by atoms with E-state index in [1.54, 1.807) is 0 Å². The number of hydrogen-bond acceptors (Lipinski definition) is 1. The van der Waals surface area contributed by atoms with Crippen LogP contribution in [0, 0.1) is 0 Å². The summed E-state index contributed by atoms with van der Waals surface area (Å²) in [6, 6.07) is 0.663. The second-order valence-electron chi connectivity index (χ2n) is 5.32. The molecule has 1 unspecified atom stereocenters. The molecule has 0 aromatic heterocycles. The van der Waals surface area contributed by atoms with Crippen LogP contribution in [-0.2, 0) is 0 Å². The zero-order valence-corrected chi connectivity index (χ0v) is 10.2. The maximum Gasteiger partial charge on any atom is 0.0155 e. The van der Waals surface area contributed by atoms with Crippen molar-refractivity contribution in [2.75, 3.05) is 0 Å². The molecule has 82 valence electrons. The summed E-state index contributed by atoms with van der Waals surface area (Å²) in [5.41, 5.74) is 1.90. The van der Waals surface area contributed by atoms with Crippen LogP contribution in [0.1, 0.15) is 59.8 Å². The van der Waals surface area contributed by atoms with Crippen LogP contribution < -0.4 is 5.32 Å². The van der Waals surface area contributed by atoms with Crippen molar-refractivity contribution in [1.29, 1.82) is 0 Å². The summed E-state index contributed by atoms with van der Waals surface area (Å²) >= 11 is 0. The van der Waals surface area contributed by atoms with E-state index in [-0.39, 0.29) is 0 Å². The molecule has 1 fully saturated rings. The zero-order valence-electron chi connectivity index (χ0n) is 10.2. The molecule has 0 amide bonds. The van der Waals surface area contributed by atoms with Gasteiger partial charge in [0.05, 0.1) is 0 Å². The van der Waals surface area contributed by atoms with Gasteiger partial charge in [0.25, 0.3) is 0 Å². The largest absolute Gasteiger partial charge is 0.309 e. The minimum Gasteiger partial charge on any atom is -0.309 e. The Morgan fingerprint density at radius 2 is 2.07 bits per heavy atom. The standard InChI is InChI=1S/C13H25N/c1-11(2)7-5-8-12(3)14-13(4)9-6-10-13/h7,12,14H,5-6,8-10H2,1-4H3. The van der Waals surface area contributed by atoms with Crippen LogP contribution in [-0.4, -0.2) is 11.6 Å². The van der Waals surface area contributed by atoms with Gasteiger partial charge in [-0.05, 0) is 59.8 Å². The molecular formula is C13H25N. The first kappa shape index (κ1) is 11.8. The van der Waals surface area contributed by atoms with E-state index in [0.717, 1.165) is 0 Å². The minimum atomic E-state index is 0.463. The van der Waals surface area contributed by atoms with Gasteiger partial charge in [0.15, 0.2) is 0 Å². The number of allylic oxidation sites excluding steroid dienone is 2. The molecule has 0 heterocycles. The summed E-state index contributed by atoms with van der Waals surface area (Å²) in [5.74, 6) is 0. The van der Waals surface area contributed by atoms with Crippen LogP contribution in [0.5, 0.6) is 0 Å². The van der Waals surface area contributed by atoms with E-state index >= 15 is 0 Å². The van der Waals surface area contributed by atoms with Crippen molar-refractivity contribution in [1.82, 2.24) is 5.32 Å². The molecule has 1 nitrogen and oxygen atoms in total. The molecule has 1 atom stereocenters. The fourth-order valence-corrected chi connectivity index (χ4v) is 2.14. The van der Waals surface area contributed by atoms with Gasteiger partial charge in [-0.1, -0.05) is 11.6 Å². The second-order valence-corrected chi connectivity index (χ2v) is 5.32. The van der Waals surface area contributed by atoms with Crippen molar-refractivity contribution in [3.05, 3.63) is 11.6 Å². The molecule has 1 heteroatoms. The van der Waals surface area contributed by atoms with Crippen molar-refractivity contribution in [2.45, 2.75) is 71.4 Å². The monoisotopic (exact) mass is 195 g/mol. The molecule has 0 aromatic rings. The van der Waals surface area contributed by atoms with Crippen LogP contribution in [0.3, 0.4) is 0 Å². The fraction of sp³-hybridized carbons (Fsp3) is 0.846. The average molecular weight is 195 g/mol. The van der Waals surface area contributed by atoms with Crippen LogP contribution >= 0.6 is 0 Å². The summed E-state index contributed by atoms with van der Waals surface area (Å²) in [6.45, 7) is 9.01. The SMILES string of the molecule is CC(C)=CCCC(C)NC1(C)CCC1. The van der Waals surface area contributed by atoms with Crippen molar-refractivity contribution >= 4 is 0 Å². The Morgan fingerprint density at radius 3 is 2.50 bits per heavy atom. The van der Waals surface area contributed by atoms with E-state index in [4.69, 9.17) is 0 Å². The predicted molar refractivity (Wildman–Crippen MR) is 63.5 cm³/mol. The molecule has 1 N–H and O–H groups in total. The molecule has 14 heavy (non-hydrogen) atoms. The molecule has 1 aliphatic carbocycles. The first-order chi connectivity index (χ1) is 6.52. The fourth-order valence-electron chi connectivity index (χ4n) is 2.14. The average Bonchev–Trinajstić information content (AvgIpc) is 2.00. The topological polar surface area (TPSA) is 12.0 Å². The van der Waals surface area contributed by atoms with Crippen molar-refractivity contribution in [3.8, 4) is 0 Å². The Kier molecular flexibility index (Phi) is 4.18. The Balaban J connectivity index is 2.15. The highest BCUT2D eigenvalue weighted by molar-refractivity contribution is 4.95. The van der Waals surface area contributed by atoms with E-state index in [0.29, 0.717) is 11.6 Å². The highest BCUT2D eigenvalue weighted by Crippen LogP contribution is 2.31. The number of nitrogens with one attached hydrogen (secondary N) is 1. The summed E-state index contributed by atoms with van der Waals surface area (Å²) < 4.78 is 0. The van der Waals surface area contributed by atoms with Crippen molar-refractivity contribution in [3.63, 3.8) is 0 Å². The van der Waals surface area contributed by atoms with E-state index in [1.165, 1.54) is 37.7 Å². The third-order valence-corrected chi connectivity index (χ3v) is 3.20. The predicted octanol–water partition coefficient (Wildman–Crippen LogP) is 3.65. The first-order valence-corrected chi connectivity index (χ1v) is 5.93. The van der Waals surface area contributed by atoms with Crippen LogP contribution in [0.25, 0.3) is 0 Å². The van der Waals surface area contributed by atoms with E-state index in [2.05, 4.69) is 39.1 Å². The van der Waals surface area contributed by atoms with Crippen molar-refractivity contribution in [2.24, 2.45) is 0 Å². The minimum absolute atomic E-state index is 0.463. The van der Waals surface area contributed by atoms with Gasteiger partial charge >= 0.3 is 0 Å². The second kappa shape index (κ2) is 4.97. The summed E-state index contributed by atoms with van der Waals surface area (Å²) in [6.07, 6.45) is 8.94. The van der Waals surface area contributed by atoms with Crippen LogP contribution in [0.15, 0.2) is 11.6 Å². The first-order valence-electron chi connectivity index (χ1n) is 5.93. The summed E-state index contributed by atoms with van der Waals surface area (Å²) in [5, 5.41) is 3.74. The van der Waals surface area contributed by atoms with Crippen LogP contribution in [0.2, 0.25) is 0 Å². The van der Waals surface area contributed by atoms with Gasteiger partial charge < -0.3 is 5.32 Å². The van der Waals surface area contributed by atoms with Gasteiger partial charge in [0, 0.05) is 11.6 Å². The zero-order chi connectivity index (χ0) is 10.6. The molecule has 0 radical (unpaired) electrons. The molecule has 1 saturated carbocycles. The third-order valence-electron chi connectivity index (χ3n) is 3.20. The quantitative estimate of drug-likeness (QED) is 0.660. The van der Waals surface area contributed by atoms with E-state index in [1.807, 2.05) is 0 Å². The highest BCUT2D eigenvalue weighted by Gasteiger charge is 2.32. The molecular weight excluding hydrogens is 170 g/mol.